The molecule has 0 saturated heterocycles. The molecule has 5 heteroatoms. The van der Waals surface area contributed by atoms with Crippen LogP contribution in [0.15, 0.2) is 28.8 Å². The lowest BCUT2D eigenvalue weighted by molar-refractivity contribution is 0.278. The lowest BCUT2D eigenvalue weighted by Crippen LogP contribution is -2.19. The molecule has 1 aromatic heterocycles. The molecule has 0 amide bonds. The van der Waals surface area contributed by atoms with Gasteiger partial charge >= 0.3 is 0 Å². The van der Waals surface area contributed by atoms with Gasteiger partial charge in [0.2, 0.25) is 5.88 Å². The van der Waals surface area contributed by atoms with Crippen molar-refractivity contribution in [2.75, 3.05) is 19.0 Å². The number of aromatic nitrogens is 1. The van der Waals surface area contributed by atoms with Gasteiger partial charge < -0.3 is 19.7 Å². The van der Waals surface area contributed by atoms with E-state index in [2.05, 4.69) is 10.5 Å². The predicted molar refractivity (Wildman–Crippen MR) is 73.4 cm³/mol. The van der Waals surface area contributed by atoms with Gasteiger partial charge in [-0.1, -0.05) is 17.3 Å². The van der Waals surface area contributed by atoms with Gasteiger partial charge in [-0.05, 0) is 31.5 Å². The molecule has 0 bridgehead atoms. The molecule has 2 aromatic rings. The van der Waals surface area contributed by atoms with Gasteiger partial charge in [0.1, 0.15) is 5.75 Å². The summed E-state index contributed by atoms with van der Waals surface area (Å²) in [4.78, 5) is 0. The molecular formula is C14H18N2O3. The summed E-state index contributed by atoms with van der Waals surface area (Å²) < 4.78 is 10.4. The highest BCUT2D eigenvalue weighted by atomic mass is 16.5. The molecule has 0 saturated carbocycles. The molecule has 0 fully saturated rings. The summed E-state index contributed by atoms with van der Waals surface area (Å²) in [6.07, 6.45) is 0. The Kier molecular flexibility index (Phi) is 4.06. The Morgan fingerprint density at radius 2 is 2.05 bits per heavy atom. The average molecular weight is 262 g/mol. The molecule has 5 nitrogen and oxygen atoms in total. The van der Waals surface area contributed by atoms with Crippen LogP contribution < -0.4 is 10.1 Å². The summed E-state index contributed by atoms with van der Waals surface area (Å²) in [6, 6.07) is 7.59. The largest absolute Gasteiger partial charge is 0.497 e. The zero-order valence-electron chi connectivity index (χ0n) is 11.3. The molecule has 1 aromatic carbocycles. The van der Waals surface area contributed by atoms with E-state index < -0.39 is 0 Å². The van der Waals surface area contributed by atoms with Crippen LogP contribution in [0.2, 0.25) is 0 Å². The molecule has 1 atom stereocenters. The van der Waals surface area contributed by atoms with Crippen molar-refractivity contribution in [3.05, 3.63) is 30.0 Å². The van der Waals surface area contributed by atoms with Gasteiger partial charge in [-0.15, -0.1) is 0 Å². The van der Waals surface area contributed by atoms with Gasteiger partial charge in [0, 0.05) is 6.04 Å². The van der Waals surface area contributed by atoms with E-state index in [1.54, 1.807) is 7.11 Å². The number of nitrogens with one attached hydrogen (secondary N) is 1. The third-order valence-corrected chi connectivity index (χ3v) is 2.89. The van der Waals surface area contributed by atoms with Gasteiger partial charge in [0.15, 0.2) is 0 Å². The van der Waals surface area contributed by atoms with Crippen LogP contribution in [0, 0.1) is 6.92 Å². The lowest BCUT2D eigenvalue weighted by Gasteiger charge is -2.11. The molecule has 1 heterocycles. The molecule has 2 rings (SSSR count). The Labute approximate surface area is 112 Å². The molecule has 1 unspecified atom stereocenters. The summed E-state index contributed by atoms with van der Waals surface area (Å²) in [5, 5.41) is 16.2. The quantitative estimate of drug-likeness (QED) is 0.866. The number of nitrogens with zero attached hydrogens (tertiary/aromatic N) is 1. The van der Waals surface area contributed by atoms with E-state index in [1.165, 1.54) is 0 Å². The zero-order chi connectivity index (χ0) is 13.8. The summed E-state index contributed by atoms with van der Waals surface area (Å²) >= 11 is 0. The van der Waals surface area contributed by atoms with Gasteiger partial charge in [-0.2, -0.15) is 0 Å². The maximum Gasteiger partial charge on any atom is 0.233 e. The molecule has 0 spiro atoms. The minimum atomic E-state index is -0.0932. The Morgan fingerprint density at radius 1 is 1.37 bits per heavy atom. The zero-order valence-corrected chi connectivity index (χ0v) is 11.3. The van der Waals surface area contributed by atoms with Crippen LogP contribution in [0.25, 0.3) is 11.1 Å². The number of ether oxygens (including phenoxy) is 1. The number of aliphatic hydroxyl groups excluding tert-OH is 1. The third kappa shape index (κ3) is 2.88. The van der Waals surface area contributed by atoms with E-state index in [-0.39, 0.29) is 12.6 Å². The smallest absolute Gasteiger partial charge is 0.233 e. The summed E-state index contributed by atoms with van der Waals surface area (Å²) in [5.74, 6) is 1.38. The standard InChI is InChI=1S/C14H18N2O3/c1-9(8-17)15-14-13(10(2)16-19-14)11-4-6-12(18-3)7-5-11/h4-7,9,15,17H,8H2,1-3H3. The van der Waals surface area contributed by atoms with Crippen LogP contribution >= 0.6 is 0 Å². The van der Waals surface area contributed by atoms with E-state index in [1.807, 2.05) is 38.1 Å². The fourth-order valence-corrected chi connectivity index (χ4v) is 1.84. The SMILES string of the molecule is COc1ccc(-c2c(C)noc2NC(C)CO)cc1. The molecular weight excluding hydrogens is 244 g/mol. The second-order valence-corrected chi connectivity index (χ2v) is 4.43. The first-order valence-electron chi connectivity index (χ1n) is 6.13. The number of benzene rings is 1. The van der Waals surface area contributed by atoms with Crippen molar-refractivity contribution in [3.63, 3.8) is 0 Å². The van der Waals surface area contributed by atoms with Crippen molar-refractivity contribution in [1.29, 1.82) is 0 Å². The summed E-state index contributed by atoms with van der Waals surface area (Å²) in [5.41, 5.74) is 2.70. The summed E-state index contributed by atoms with van der Waals surface area (Å²) in [6.45, 7) is 3.79. The fraction of sp³-hybridized carbons (Fsp3) is 0.357. The lowest BCUT2D eigenvalue weighted by atomic mass is 10.1. The Hall–Kier alpha value is -2.01. The van der Waals surface area contributed by atoms with Crippen molar-refractivity contribution in [2.24, 2.45) is 0 Å². The van der Waals surface area contributed by atoms with Crippen molar-refractivity contribution in [3.8, 4) is 16.9 Å². The van der Waals surface area contributed by atoms with Crippen LogP contribution in [0.4, 0.5) is 5.88 Å². The van der Waals surface area contributed by atoms with Crippen LogP contribution in [-0.4, -0.2) is 30.0 Å². The van der Waals surface area contributed by atoms with E-state index in [0.717, 1.165) is 22.6 Å². The third-order valence-electron chi connectivity index (χ3n) is 2.89. The number of aryl methyl sites for hydroxylation is 1. The van der Waals surface area contributed by atoms with Gasteiger partial charge in [0.05, 0.1) is 25.0 Å². The first kappa shape index (κ1) is 13.4. The predicted octanol–water partition coefficient (Wildman–Crippen LogP) is 2.45. The minimum absolute atomic E-state index is 0.0296. The van der Waals surface area contributed by atoms with Crippen LogP contribution in [0.3, 0.4) is 0 Å². The average Bonchev–Trinajstić information content (AvgIpc) is 2.79. The van der Waals surface area contributed by atoms with Gasteiger partial charge in [-0.3, -0.25) is 0 Å². The van der Waals surface area contributed by atoms with Gasteiger partial charge in [0.25, 0.3) is 0 Å². The second kappa shape index (κ2) is 5.75. The molecule has 2 N–H and O–H groups in total. The molecule has 0 radical (unpaired) electrons. The highest BCUT2D eigenvalue weighted by molar-refractivity contribution is 5.76. The van der Waals surface area contributed by atoms with Crippen molar-refractivity contribution < 1.29 is 14.4 Å². The Bertz CT molecular complexity index is 534. The van der Waals surface area contributed by atoms with Crippen molar-refractivity contribution in [2.45, 2.75) is 19.9 Å². The number of methoxy groups -OCH3 is 1. The van der Waals surface area contributed by atoms with E-state index in [0.29, 0.717) is 5.88 Å². The number of aliphatic hydroxyl groups is 1. The van der Waals surface area contributed by atoms with E-state index >= 15 is 0 Å². The van der Waals surface area contributed by atoms with Crippen LogP contribution in [-0.2, 0) is 0 Å². The second-order valence-electron chi connectivity index (χ2n) is 4.43. The maximum absolute atomic E-state index is 9.09. The van der Waals surface area contributed by atoms with Gasteiger partial charge in [-0.25, -0.2) is 0 Å². The fourth-order valence-electron chi connectivity index (χ4n) is 1.84. The van der Waals surface area contributed by atoms with Crippen molar-refractivity contribution >= 4 is 5.88 Å². The summed E-state index contributed by atoms with van der Waals surface area (Å²) in [7, 11) is 1.63. The Morgan fingerprint density at radius 3 is 2.63 bits per heavy atom. The normalized spacial score (nSPS) is 12.2. The van der Waals surface area contributed by atoms with Crippen LogP contribution in [0.5, 0.6) is 5.75 Å². The van der Waals surface area contributed by atoms with Crippen LogP contribution in [0.1, 0.15) is 12.6 Å². The Balaban J connectivity index is 2.34. The number of rotatable bonds is 5. The molecule has 0 aliphatic carbocycles. The number of anilines is 1. The number of hydrogen-bond acceptors (Lipinski definition) is 5. The first-order valence-corrected chi connectivity index (χ1v) is 6.13. The molecule has 102 valence electrons. The maximum atomic E-state index is 9.09. The van der Waals surface area contributed by atoms with E-state index in [4.69, 9.17) is 14.4 Å². The first-order chi connectivity index (χ1) is 9.15. The minimum Gasteiger partial charge on any atom is -0.497 e. The monoisotopic (exact) mass is 262 g/mol. The topological polar surface area (TPSA) is 67.5 Å². The van der Waals surface area contributed by atoms with Crippen molar-refractivity contribution in [1.82, 2.24) is 5.16 Å². The highest BCUT2D eigenvalue weighted by Gasteiger charge is 2.16. The molecule has 19 heavy (non-hydrogen) atoms. The van der Waals surface area contributed by atoms with E-state index in [9.17, 15) is 0 Å². The number of hydrogen-bond donors (Lipinski definition) is 2. The highest BCUT2D eigenvalue weighted by Crippen LogP contribution is 2.32. The molecule has 0 aliphatic heterocycles. The molecule has 0 aliphatic rings.